The summed E-state index contributed by atoms with van der Waals surface area (Å²) in [5.41, 5.74) is 2.10. The lowest BCUT2D eigenvalue weighted by Gasteiger charge is -2.13. The van der Waals surface area contributed by atoms with E-state index in [1.54, 1.807) is 13.2 Å². The molecule has 0 spiro atoms. The third-order valence-corrected chi connectivity index (χ3v) is 4.36. The Hall–Kier alpha value is -1.13. The van der Waals surface area contributed by atoms with E-state index in [2.05, 4.69) is 5.32 Å². The third kappa shape index (κ3) is 5.18. The Morgan fingerprint density at radius 1 is 1.04 bits per heavy atom. The van der Waals surface area contributed by atoms with Gasteiger partial charge < -0.3 is 14.8 Å². The molecule has 0 aromatic heterocycles. The number of halogens is 3. The summed E-state index contributed by atoms with van der Waals surface area (Å²) in [6, 6.07) is 9.37. The Morgan fingerprint density at radius 2 is 1.83 bits per heavy atom. The van der Waals surface area contributed by atoms with Crippen molar-refractivity contribution in [2.45, 2.75) is 19.9 Å². The van der Waals surface area contributed by atoms with E-state index < -0.39 is 0 Å². The number of ether oxygens (including phenoxy) is 2. The van der Waals surface area contributed by atoms with Crippen LogP contribution in [0.1, 0.15) is 18.1 Å². The molecule has 2 aromatic carbocycles. The second-order valence-electron chi connectivity index (χ2n) is 5.20. The first-order valence-corrected chi connectivity index (χ1v) is 8.82. The van der Waals surface area contributed by atoms with Gasteiger partial charge in [-0.1, -0.05) is 40.9 Å². The molecule has 6 heteroatoms. The van der Waals surface area contributed by atoms with Crippen LogP contribution in [0.3, 0.4) is 0 Å². The zero-order valence-corrected chi connectivity index (χ0v) is 15.9. The lowest BCUT2D eigenvalue weighted by Crippen LogP contribution is -2.17. The molecular weight excluding hydrogens is 369 g/mol. The summed E-state index contributed by atoms with van der Waals surface area (Å²) >= 11 is 18.3. The summed E-state index contributed by atoms with van der Waals surface area (Å²) in [4.78, 5) is 0. The number of methoxy groups -OCH3 is 1. The molecule has 0 saturated heterocycles. The first kappa shape index (κ1) is 19.2. The van der Waals surface area contributed by atoms with Gasteiger partial charge in [-0.25, -0.2) is 0 Å². The predicted octanol–water partition coefficient (Wildman–Crippen LogP) is 5.39. The topological polar surface area (TPSA) is 30.5 Å². The van der Waals surface area contributed by atoms with Crippen LogP contribution in [0.4, 0.5) is 0 Å². The first-order valence-electron chi connectivity index (χ1n) is 7.69. The highest BCUT2D eigenvalue weighted by Crippen LogP contribution is 2.36. The molecule has 2 rings (SSSR count). The summed E-state index contributed by atoms with van der Waals surface area (Å²) < 4.78 is 10.9. The molecule has 0 atom stereocenters. The quantitative estimate of drug-likeness (QED) is 0.615. The first-order chi connectivity index (χ1) is 11.5. The van der Waals surface area contributed by atoms with Gasteiger partial charge in [-0.3, -0.25) is 0 Å². The monoisotopic (exact) mass is 387 g/mol. The molecule has 0 saturated carbocycles. The van der Waals surface area contributed by atoms with Crippen molar-refractivity contribution in [1.82, 2.24) is 5.32 Å². The van der Waals surface area contributed by atoms with E-state index >= 15 is 0 Å². The Bertz CT molecular complexity index is 692. The maximum Gasteiger partial charge on any atom is 0.179 e. The molecule has 0 fully saturated rings. The van der Waals surface area contributed by atoms with Crippen LogP contribution in [-0.4, -0.2) is 20.3 Å². The van der Waals surface area contributed by atoms with E-state index in [-0.39, 0.29) is 0 Å². The minimum atomic E-state index is 0.537. The maximum absolute atomic E-state index is 6.27. The van der Waals surface area contributed by atoms with Crippen molar-refractivity contribution in [2.75, 3.05) is 20.3 Å². The van der Waals surface area contributed by atoms with Gasteiger partial charge in [0.05, 0.1) is 18.7 Å². The molecule has 0 heterocycles. The van der Waals surface area contributed by atoms with Crippen LogP contribution in [0.2, 0.25) is 15.1 Å². The highest BCUT2D eigenvalue weighted by molar-refractivity contribution is 6.35. The molecule has 0 unspecified atom stereocenters. The zero-order chi connectivity index (χ0) is 17.5. The second-order valence-corrected chi connectivity index (χ2v) is 6.46. The van der Waals surface area contributed by atoms with Crippen LogP contribution in [0.15, 0.2) is 30.3 Å². The average Bonchev–Trinajstić information content (AvgIpc) is 2.55. The van der Waals surface area contributed by atoms with E-state index in [0.717, 1.165) is 24.1 Å². The SMILES string of the molecule is CCOc1c(Cl)cc(CNCCc2ccc(Cl)cc2Cl)cc1OC. The largest absolute Gasteiger partial charge is 0.493 e. The molecule has 0 aliphatic rings. The summed E-state index contributed by atoms with van der Waals surface area (Å²) in [5, 5.41) is 5.26. The van der Waals surface area contributed by atoms with Crippen molar-refractivity contribution in [3.8, 4) is 11.5 Å². The van der Waals surface area contributed by atoms with Crippen molar-refractivity contribution in [1.29, 1.82) is 0 Å². The summed E-state index contributed by atoms with van der Waals surface area (Å²) in [7, 11) is 1.61. The number of benzene rings is 2. The molecule has 0 aliphatic heterocycles. The normalized spacial score (nSPS) is 10.7. The standard InChI is InChI=1S/C18H20Cl3NO2/c1-3-24-18-16(21)8-12(9-17(18)23-2)11-22-7-6-13-4-5-14(19)10-15(13)20/h4-5,8-10,22H,3,6-7,11H2,1-2H3. The zero-order valence-electron chi connectivity index (χ0n) is 13.7. The Labute approximate surface area is 157 Å². The fourth-order valence-corrected chi connectivity index (χ4v) is 3.13. The van der Waals surface area contributed by atoms with Crippen LogP contribution >= 0.6 is 34.8 Å². The highest BCUT2D eigenvalue weighted by Gasteiger charge is 2.11. The van der Waals surface area contributed by atoms with E-state index in [0.29, 0.717) is 39.7 Å². The van der Waals surface area contributed by atoms with Gasteiger partial charge in [0.2, 0.25) is 0 Å². The van der Waals surface area contributed by atoms with Crippen LogP contribution in [0.5, 0.6) is 11.5 Å². The number of nitrogens with one attached hydrogen (secondary N) is 1. The minimum Gasteiger partial charge on any atom is -0.493 e. The van der Waals surface area contributed by atoms with Gasteiger partial charge in [-0.05, 0) is 55.3 Å². The minimum absolute atomic E-state index is 0.537. The molecule has 3 nitrogen and oxygen atoms in total. The van der Waals surface area contributed by atoms with Gasteiger partial charge in [0.15, 0.2) is 11.5 Å². The Morgan fingerprint density at radius 3 is 2.50 bits per heavy atom. The summed E-state index contributed by atoms with van der Waals surface area (Å²) in [5.74, 6) is 1.22. The fraction of sp³-hybridized carbons (Fsp3) is 0.333. The second kappa shape index (κ2) is 9.38. The lowest BCUT2D eigenvalue weighted by atomic mass is 10.1. The van der Waals surface area contributed by atoms with Gasteiger partial charge in [0, 0.05) is 16.6 Å². The van der Waals surface area contributed by atoms with Crippen molar-refractivity contribution < 1.29 is 9.47 Å². The molecule has 0 amide bonds. The van der Waals surface area contributed by atoms with Crippen molar-refractivity contribution in [2.24, 2.45) is 0 Å². The van der Waals surface area contributed by atoms with Gasteiger partial charge in [-0.2, -0.15) is 0 Å². The van der Waals surface area contributed by atoms with Crippen molar-refractivity contribution in [3.63, 3.8) is 0 Å². The van der Waals surface area contributed by atoms with Crippen LogP contribution in [0, 0.1) is 0 Å². The van der Waals surface area contributed by atoms with Gasteiger partial charge >= 0.3 is 0 Å². The maximum atomic E-state index is 6.27. The molecule has 1 N–H and O–H groups in total. The molecular formula is C18H20Cl3NO2. The number of rotatable bonds is 8. The van der Waals surface area contributed by atoms with E-state index in [4.69, 9.17) is 44.3 Å². The van der Waals surface area contributed by atoms with Crippen LogP contribution < -0.4 is 14.8 Å². The molecule has 2 aromatic rings. The summed E-state index contributed by atoms with van der Waals surface area (Å²) in [6.07, 6.45) is 0.817. The Balaban J connectivity index is 1.93. The molecule has 0 bridgehead atoms. The number of hydrogen-bond acceptors (Lipinski definition) is 3. The van der Waals surface area contributed by atoms with Gasteiger partial charge in [0.25, 0.3) is 0 Å². The van der Waals surface area contributed by atoms with E-state index in [9.17, 15) is 0 Å². The average molecular weight is 389 g/mol. The van der Waals surface area contributed by atoms with E-state index in [1.165, 1.54) is 0 Å². The molecule has 130 valence electrons. The lowest BCUT2D eigenvalue weighted by molar-refractivity contribution is 0.311. The molecule has 0 radical (unpaired) electrons. The smallest absolute Gasteiger partial charge is 0.179 e. The molecule has 0 aliphatic carbocycles. The molecule has 24 heavy (non-hydrogen) atoms. The third-order valence-electron chi connectivity index (χ3n) is 3.49. The van der Waals surface area contributed by atoms with Crippen LogP contribution in [-0.2, 0) is 13.0 Å². The van der Waals surface area contributed by atoms with Crippen molar-refractivity contribution >= 4 is 34.8 Å². The van der Waals surface area contributed by atoms with Crippen molar-refractivity contribution in [3.05, 3.63) is 56.5 Å². The predicted molar refractivity (Wildman–Crippen MR) is 101 cm³/mol. The van der Waals surface area contributed by atoms with E-state index in [1.807, 2.05) is 31.2 Å². The van der Waals surface area contributed by atoms with Gasteiger partial charge in [-0.15, -0.1) is 0 Å². The fourth-order valence-electron chi connectivity index (χ4n) is 2.34. The highest BCUT2D eigenvalue weighted by atomic mass is 35.5. The Kier molecular flexibility index (Phi) is 7.50. The number of hydrogen-bond donors (Lipinski definition) is 1. The van der Waals surface area contributed by atoms with Gasteiger partial charge in [0.1, 0.15) is 0 Å². The summed E-state index contributed by atoms with van der Waals surface area (Å²) in [6.45, 7) is 3.91. The van der Waals surface area contributed by atoms with Crippen LogP contribution in [0.25, 0.3) is 0 Å².